The molecule has 0 aliphatic heterocycles. The maximum atomic E-state index is 11.9. The van der Waals surface area contributed by atoms with Crippen LogP contribution in [0.25, 0.3) is 0 Å². The smallest absolute Gasteiger partial charge is 0.230 e. The van der Waals surface area contributed by atoms with Crippen molar-refractivity contribution in [3.8, 4) is 17.2 Å². The summed E-state index contributed by atoms with van der Waals surface area (Å²) in [6.45, 7) is 0.367. The van der Waals surface area contributed by atoms with Crippen LogP contribution in [0, 0.1) is 0 Å². The molecule has 2 aromatic rings. The lowest BCUT2D eigenvalue weighted by Gasteiger charge is -2.14. The first-order valence-corrected chi connectivity index (χ1v) is 8.49. The molecule has 2 rings (SSSR count). The van der Waals surface area contributed by atoms with Gasteiger partial charge in [0.05, 0.1) is 27.1 Å². The molecule has 0 spiro atoms. The van der Waals surface area contributed by atoms with Gasteiger partial charge in [-0.2, -0.15) is 0 Å². The van der Waals surface area contributed by atoms with Gasteiger partial charge >= 0.3 is 0 Å². The highest BCUT2D eigenvalue weighted by Crippen LogP contribution is 2.38. The molecule has 23 heavy (non-hydrogen) atoms. The van der Waals surface area contributed by atoms with Crippen LogP contribution in [-0.4, -0.2) is 43.2 Å². The SMILES string of the molecule is COc1cc(CNC(=O)CSc2nncs2)cc(OC)c1OC. The number of methoxy groups -OCH3 is 3. The fraction of sp³-hybridized carbons (Fsp3) is 0.357. The summed E-state index contributed by atoms with van der Waals surface area (Å²) in [7, 11) is 4.66. The van der Waals surface area contributed by atoms with Gasteiger partial charge in [-0.05, 0) is 17.7 Å². The van der Waals surface area contributed by atoms with E-state index in [2.05, 4.69) is 15.5 Å². The lowest BCUT2D eigenvalue weighted by atomic mass is 10.2. The fourth-order valence-electron chi connectivity index (χ4n) is 1.84. The second-order valence-electron chi connectivity index (χ2n) is 4.30. The maximum Gasteiger partial charge on any atom is 0.230 e. The average molecular weight is 355 g/mol. The van der Waals surface area contributed by atoms with Crippen molar-refractivity contribution in [1.82, 2.24) is 15.5 Å². The monoisotopic (exact) mass is 355 g/mol. The third-order valence-corrected chi connectivity index (χ3v) is 4.74. The minimum atomic E-state index is -0.0843. The van der Waals surface area contributed by atoms with Crippen LogP contribution >= 0.6 is 23.1 Å². The van der Waals surface area contributed by atoms with E-state index < -0.39 is 0 Å². The summed E-state index contributed by atoms with van der Waals surface area (Å²) in [5, 5.41) is 10.4. The number of ether oxygens (including phenoxy) is 3. The number of aromatic nitrogens is 2. The van der Waals surface area contributed by atoms with Crippen molar-refractivity contribution in [2.45, 2.75) is 10.9 Å². The highest BCUT2D eigenvalue weighted by molar-refractivity contribution is 8.01. The molecule has 1 amide bonds. The molecule has 0 radical (unpaired) electrons. The third kappa shape index (κ3) is 4.73. The quantitative estimate of drug-likeness (QED) is 0.725. The molecule has 1 N–H and O–H groups in total. The molecule has 0 bridgehead atoms. The molecule has 0 saturated heterocycles. The summed E-state index contributed by atoms with van der Waals surface area (Å²) in [5.74, 6) is 1.84. The normalized spacial score (nSPS) is 10.2. The summed E-state index contributed by atoms with van der Waals surface area (Å²) < 4.78 is 16.6. The maximum absolute atomic E-state index is 11.9. The molecule has 0 aliphatic carbocycles. The Morgan fingerprint density at radius 1 is 1.22 bits per heavy atom. The molecule has 0 unspecified atom stereocenters. The highest BCUT2D eigenvalue weighted by Gasteiger charge is 2.13. The van der Waals surface area contributed by atoms with E-state index in [0.29, 0.717) is 29.5 Å². The number of amides is 1. The van der Waals surface area contributed by atoms with Gasteiger partial charge in [0.2, 0.25) is 11.7 Å². The number of nitrogens with one attached hydrogen (secondary N) is 1. The zero-order valence-corrected chi connectivity index (χ0v) is 14.6. The largest absolute Gasteiger partial charge is 0.493 e. The number of thioether (sulfide) groups is 1. The number of rotatable bonds is 8. The number of hydrogen-bond acceptors (Lipinski definition) is 8. The molecule has 7 nitrogen and oxygen atoms in total. The van der Waals surface area contributed by atoms with E-state index in [1.54, 1.807) is 39.0 Å². The summed E-state index contributed by atoms with van der Waals surface area (Å²) in [6.07, 6.45) is 0. The average Bonchev–Trinajstić information content (AvgIpc) is 3.10. The molecule has 0 saturated carbocycles. The van der Waals surface area contributed by atoms with Gasteiger partial charge in [-0.1, -0.05) is 23.1 Å². The van der Waals surface area contributed by atoms with Gasteiger partial charge < -0.3 is 19.5 Å². The second-order valence-corrected chi connectivity index (χ2v) is 6.36. The molecule has 1 aromatic carbocycles. The van der Waals surface area contributed by atoms with Gasteiger partial charge in [0.1, 0.15) is 5.51 Å². The van der Waals surface area contributed by atoms with Crippen LogP contribution in [-0.2, 0) is 11.3 Å². The molecule has 0 fully saturated rings. The van der Waals surface area contributed by atoms with Crippen molar-refractivity contribution in [1.29, 1.82) is 0 Å². The van der Waals surface area contributed by atoms with Crippen molar-refractivity contribution in [2.75, 3.05) is 27.1 Å². The number of nitrogens with zero attached hydrogens (tertiary/aromatic N) is 2. The topological polar surface area (TPSA) is 82.6 Å². The lowest BCUT2D eigenvalue weighted by Crippen LogP contribution is -2.24. The van der Waals surface area contributed by atoms with E-state index in [-0.39, 0.29) is 5.91 Å². The van der Waals surface area contributed by atoms with Crippen molar-refractivity contribution in [3.63, 3.8) is 0 Å². The van der Waals surface area contributed by atoms with Crippen LogP contribution in [0.1, 0.15) is 5.56 Å². The predicted molar refractivity (Wildman–Crippen MR) is 88.6 cm³/mol. The molecule has 0 aliphatic rings. The van der Waals surface area contributed by atoms with E-state index in [1.165, 1.54) is 23.1 Å². The third-order valence-electron chi connectivity index (χ3n) is 2.88. The van der Waals surface area contributed by atoms with Gasteiger partial charge in [-0.25, -0.2) is 0 Å². The number of hydrogen-bond donors (Lipinski definition) is 1. The van der Waals surface area contributed by atoms with E-state index in [1.807, 2.05) is 0 Å². The van der Waals surface area contributed by atoms with E-state index in [4.69, 9.17) is 14.2 Å². The van der Waals surface area contributed by atoms with Crippen molar-refractivity contribution in [2.24, 2.45) is 0 Å². The van der Waals surface area contributed by atoms with Crippen molar-refractivity contribution < 1.29 is 19.0 Å². The molecule has 124 valence electrons. The molecular weight excluding hydrogens is 338 g/mol. The van der Waals surface area contributed by atoms with Gasteiger partial charge in [0.25, 0.3) is 0 Å². The van der Waals surface area contributed by atoms with Crippen molar-refractivity contribution >= 4 is 29.0 Å². The van der Waals surface area contributed by atoms with Gasteiger partial charge in [-0.3, -0.25) is 4.79 Å². The van der Waals surface area contributed by atoms with Gasteiger partial charge in [0, 0.05) is 6.54 Å². The standard InChI is InChI=1S/C14H17N3O4S2/c1-19-10-4-9(5-11(20-2)13(10)21-3)6-15-12(18)7-22-14-17-16-8-23-14/h4-5,8H,6-7H2,1-3H3,(H,15,18). The Morgan fingerprint density at radius 2 is 1.91 bits per heavy atom. The van der Waals surface area contributed by atoms with Gasteiger partial charge in [-0.15, -0.1) is 10.2 Å². The van der Waals surface area contributed by atoms with Crippen LogP contribution in [0.3, 0.4) is 0 Å². The first-order valence-electron chi connectivity index (χ1n) is 6.62. The first kappa shape index (κ1) is 17.4. The van der Waals surface area contributed by atoms with Crippen LogP contribution in [0.2, 0.25) is 0 Å². The number of benzene rings is 1. The Kier molecular flexibility index (Phi) is 6.48. The Morgan fingerprint density at radius 3 is 2.43 bits per heavy atom. The van der Waals surface area contributed by atoms with E-state index in [9.17, 15) is 4.79 Å². The second kappa shape index (κ2) is 8.59. The van der Waals surface area contributed by atoms with E-state index in [0.717, 1.165) is 9.90 Å². The Labute approximate surface area is 142 Å². The van der Waals surface area contributed by atoms with E-state index >= 15 is 0 Å². The Balaban J connectivity index is 1.95. The fourth-order valence-corrected chi connectivity index (χ4v) is 3.16. The Hall–Kier alpha value is -2.00. The minimum Gasteiger partial charge on any atom is -0.493 e. The van der Waals surface area contributed by atoms with Gasteiger partial charge in [0.15, 0.2) is 15.8 Å². The summed E-state index contributed by atoms with van der Waals surface area (Å²) >= 11 is 2.76. The zero-order valence-electron chi connectivity index (χ0n) is 13.0. The summed E-state index contributed by atoms with van der Waals surface area (Å²) in [6, 6.07) is 3.61. The van der Waals surface area contributed by atoms with Crippen LogP contribution < -0.4 is 19.5 Å². The van der Waals surface area contributed by atoms with Crippen LogP contribution in [0.15, 0.2) is 22.0 Å². The molecular formula is C14H17N3O4S2. The first-order chi connectivity index (χ1) is 11.2. The Bertz CT molecular complexity index is 624. The van der Waals surface area contributed by atoms with Crippen LogP contribution in [0.4, 0.5) is 0 Å². The molecule has 1 heterocycles. The molecule has 1 aromatic heterocycles. The molecule has 9 heteroatoms. The summed E-state index contributed by atoms with van der Waals surface area (Å²) in [5.41, 5.74) is 2.49. The zero-order chi connectivity index (χ0) is 16.7. The molecule has 0 atom stereocenters. The summed E-state index contributed by atoms with van der Waals surface area (Å²) in [4.78, 5) is 11.9. The van der Waals surface area contributed by atoms with Crippen molar-refractivity contribution in [3.05, 3.63) is 23.2 Å². The number of carbonyl (C=O) groups is 1. The predicted octanol–water partition coefficient (Wildman–Crippen LogP) is 1.97. The minimum absolute atomic E-state index is 0.0843. The van der Waals surface area contributed by atoms with Crippen LogP contribution in [0.5, 0.6) is 17.2 Å². The highest BCUT2D eigenvalue weighted by atomic mass is 32.2. The lowest BCUT2D eigenvalue weighted by molar-refractivity contribution is -0.118. The number of carbonyl (C=O) groups excluding carboxylic acids is 1.